The molecule has 1 saturated carbocycles. The lowest BCUT2D eigenvalue weighted by Crippen LogP contribution is -2.72. The fraction of sp³-hybridized carbons (Fsp3) is 0.833. The lowest BCUT2D eigenvalue weighted by molar-refractivity contribution is -0.358. The Bertz CT molecular complexity index is 437. The van der Waals surface area contributed by atoms with E-state index in [1.807, 2.05) is 12.2 Å². The van der Waals surface area contributed by atoms with Gasteiger partial charge in [-0.05, 0) is 0 Å². The second-order valence-electron chi connectivity index (χ2n) is 5.97. The summed E-state index contributed by atoms with van der Waals surface area (Å²) in [7, 11) is 0. The Hall–Kier alpha value is -0.620. The molecule has 5 aliphatic rings. The van der Waals surface area contributed by atoms with Crippen molar-refractivity contribution in [1.82, 2.24) is 0 Å². The van der Waals surface area contributed by atoms with Crippen LogP contribution in [0.15, 0.2) is 12.2 Å². The summed E-state index contributed by atoms with van der Waals surface area (Å²) >= 11 is 0. The van der Waals surface area contributed by atoms with Crippen molar-refractivity contribution >= 4 is 0 Å². The first-order valence-corrected chi connectivity index (χ1v) is 6.19. The predicted molar refractivity (Wildman–Crippen MR) is 50.3 cm³/mol. The van der Waals surface area contributed by atoms with Crippen LogP contribution < -0.4 is 0 Å². The van der Waals surface area contributed by atoms with Gasteiger partial charge in [-0.25, -0.2) is 0 Å². The molecule has 4 bridgehead atoms. The van der Waals surface area contributed by atoms with Crippen molar-refractivity contribution in [2.24, 2.45) is 23.7 Å². The summed E-state index contributed by atoms with van der Waals surface area (Å²) in [5.74, 6) is -10.8. The van der Waals surface area contributed by atoms with Gasteiger partial charge in [0.2, 0.25) is 0 Å². The molecule has 0 aromatic heterocycles. The highest BCUT2D eigenvalue weighted by molar-refractivity contribution is 5.30. The van der Waals surface area contributed by atoms with E-state index in [2.05, 4.69) is 0 Å². The summed E-state index contributed by atoms with van der Waals surface area (Å²) in [6.07, 6.45) is 1.72. The van der Waals surface area contributed by atoms with E-state index in [-0.39, 0.29) is 24.0 Å². The minimum absolute atomic E-state index is 0.159. The molecule has 3 saturated heterocycles. The van der Waals surface area contributed by atoms with E-state index in [1.54, 1.807) is 0 Å². The number of halogens is 4. The van der Waals surface area contributed by atoms with Crippen molar-refractivity contribution in [3.63, 3.8) is 0 Å². The maximum absolute atomic E-state index is 13.5. The Kier molecular flexibility index (Phi) is 1.42. The van der Waals surface area contributed by atoms with Crippen LogP contribution >= 0.6 is 0 Å². The molecular formula is C12H10F4O2. The Morgan fingerprint density at radius 3 is 1.61 bits per heavy atom. The molecule has 8 atom stereocenters. The Labute approximate surface area is 99.9 Å². The van der Waals surface area contributed by atoms with Gasteiger partial charge < -0.3 is 9.47 Å². The Morgan fingerprint density at radius 1 is 0.722 bits per heavy atom. The predicted octanol–water partition coefficient (Wildman–Crippen LogP) is 1.85. The third kappa shape index (κ3) is 0.744. The van der Waals surface area contributed by atoms with E-state index < -0.39 is 35.9 Å². The summed E-state index contributed by atoms with van der Waals surface area (Å²) in [4.78, 5) is 0. The number of alkyl halides is 4. The minimum Gasteiger partial charge on any atom is -0.373 e. The van der Waals surface area contributed by atoms with E-state index in [0.717, 1.165) is 0 Å². The van der Waals surface area contributed by atoms with Gasteiger partial charge in [0.05, 0.1) is 36.3 Å². The molecule has 0 radical (unpaired) electrons. The van der Waals surface area contributed by atoms with Crippen molar-refractivity contribution in [3.05, 3.63) is 12.2 Å². The van der Waals surface area contributed by atoms with Crippen LogP contribution in [-0.2, 0) is 9.47 Å². The summed E-state index contributed by atoms with van der Waals surface area (Å²) < 4.78 is 65.3. The molecule has 4 aliphatic heterocycles. The number of hydrogen-bond acceptors (Lipinski definition) is 2. The zero-order valence-electron chi connectivity index (χ0n) is 9.10. The molecule has 4 fully saturated rings. The maximum Gasteiger partial charge on any atom is 0.316 e. The summed E-state index contributed by atoms with van der Waals surface area (Å²) in [6, 6.07) is 0. The topological polar surface area (TPSA) is 18.5 Å². The normalized spacial score (nSPS) is 63.8. The van der Waals surface area contributed by atoms with E-state index in [0.29, 0.717) is 0 Å². The quantitative estimate of drug-likeness (QED) is 0.490. The third-order valence-electron chi connectivity index (χ3n) is 5.46. The van der Waals surface area contributed by atoms with Gasteiger partial charge in [0.1, 0.15) is 0 Å². The lowest BCUT2D eigenvalue weighted by atomic mass is 9.53. The van der Waals surface area contributed by atoms with Gasteiger partial charge in [-0.1, -0.05) is 12.2 Å². The molecule has 4 heterocycles. The Morgan fingerprint density at radius 2 is 1.17 bits per heavy atom. The first-order chi connectivity index (χ1) is 8.44. The van der Waals surface area contributed by atoms with Gasteiger partial charge in [0.25, 0.3) is 0 Å². The molecule has 18 heavy (non-hydrogen) atoms. The maximum atomic E-state index is 13.5. The summed E-state index contributed by atoms with van der Waals surface area (Å²) in [5, 5.41) is 0. The first-order valence-electron chi connectivity index (χ1n) is 6.19. The third-order valence-corrected chi connectivity index (χ3v) is 5.46. The van der Waals surface area contributed by atoms with Gasteiger partial charge in [-0.15, -0.1) is 0 Å². The lowest BCUT2D eigenvalue weighted by Gasteiger charge is -2.53. The molecule has 1 aliphatic carbocycles. The first kappa shape index (κ1) is 10.2. The van der Waals surface area contributed by atoms with Crippen molar-refractivity contribution in [2.45, 2.75) is 36.3 Å². The minimum atomic E-state index is -3.92. The number of rotatable bonds is 0. The number of hydrogen-bond donors (Lipinski definition) is 0. The Balaban J connectivity index is 1.61. The molecule has 0 aromatic rings. The van der Waals surface area contributed by atoms with Crippen LogP contribution in [0.3, 0.4) is 0 Å². The standard InChI is InChI=1S/C12H10F4O2/c13-11(14)7-8(12(11,15)16)10-6-4-2-1-3(17-4)5(6)9(7)18-10/h1-10H. The van der Waals surface area contributed by atoms with Gasteiger partial charge in [0.15, 0.2) is 0 Å². The van der Waals surface area contributed by atoms with Crippen molar-refractivity contribution in [2.75, 3.05) is 0 Å². The molecular weight excluding hydrogens is 252 g/mol. The highest BCUT2D eigenvalue weighted by Crippen LogP contribution is 2.73. The van der Waals surface area contributed by atoms with Gasteiger partial charge in [-0.3, -0.25) is 0 Å². The van der Waals surface area contributed by atoms with Crippen molar-refractivity contribution < 1.29 is 27.0 Å². The molecule has 8 unspecified atom stereocenters. The van der Waals surface area contributed by atoms with Crippen molar-refractivity contribution in [1.29, 1.82) is 0 Å². The second-order valence-corrected chi connectivity index (χ2v) is 5.97. The molecule has 5 rings (SSSR count). The van der Waals surface area contributed by atoms with E-state index in [1.165, 1.54) is 0 Å². The molecule has 0 spiro atoms. The second kappa shape index (κ2) is 2.50. The SMILES string of the molecule is FC1(F)C2C3OC(C4C5C=CC(O5)C34)C2C1(F)F. The van der Waals surface area contributed by atoms with Crippen LogP contribution in [0, 0.1) is 23.7 Å². The molecule has 6 heteroatoms. The zero-order chi connectivity index (χ0) is 12.4. The zero-order valence-corrected chi connectivity index (χ0v) is 9.10. The smallest absolute Gasteiger partial charge is 0.316 e. The van der Waals surface area contributed by atoms with Crippen molar-refractivity contribution in [3.8, 4) is 0 Å². The molecule has 98 valence electrons. The largest absolute Gasteiger partial charge is 0.373 e. The highest BCUT2D eigenvalue weighted by atomic mass is 19.3. The van der Waals surface area contributed by atoms with E-state index in [4.69, 9.17) is 9.47 Å². The number of fused-ring (bicyclic) bond motifs is 12. The van der Waals surface area contributed by atoms with Crippen LogP contribution in [0.1, 0.15) is 0 Å². The summed E-state index contributed by atoms with van der Waals surface area (Å²) in [5.41, 5.74) is 0. The van der Waals surface area contributed by atoms with Gasteiger partial charge in [0, 0.05) is 11.8 Å². The average Bonchev–Trinajstić information content (AvgIpc) is 3.04. The van der Waals surface area contributed by atoms with Crippen LogP contribution in [0.4, 0.5) is 17.6 Å². The van der Waals surface area contributed by atoms with Crippen LogP contribution in [-0.4, -0.2) is 36.3 Å². The van der Waals surface area contributed by atoms with Crippen LogP contribution in [0.2, 0.25) is 0 Å². The monoisotopic (exact) mass is 262 g/mol. The molecule has 0 N–H and O–H groups in total. The highest BCUT2D eigenvalue weighted by Gasteiger charge is 2.89. The van der Waals surface area contributed by atoms with Crippen LogP contribution in [0.5, 0.6) is 0 Å². The average molecular weight is 262 g/mol. The van der Waals surface area contributed by atoms with Gasteiger partial charge in [-0.2, -0.15) is 17.6 Å². The summed E-state index contributed by atoms with van der Waals surface area (Å²) in [6.45, 7) is 0. The fourth-order valence-electron chi connectivity index (χ4n) is 4.81. The van der Waals surface area contributed by atoms with E-state index >= 15 is 0 Å². The van der Waals surface area contributed by atoms with E-state index in [9.17, 15) is 17.6 Å². The molecule has 0 aromatic carbocycles. The van der Waals surface area contributed by atoms with Crippen LogP contribution in [0.25, 0.3) is 0 Å². The number of ether oxygens (including phenoxy) is 2. The molecule has 2 nitrogen and oxygen atoms in total. The fourth-order valence-corrected chi connectivity index (χ4v) is 4.81. The molecule has 0 amide bonds. The van der Waals surface area contributed by atoms with Gasteiger partial charge >= 0.3 is 11.8 Å².